The summed E-state index contributed by atoms with van der Waals surface area (Å²) in [5.41, 5.74) is 0. The van der Waals surface area contributed by atoms with Crippen LogP contribution in [-0.4, -0.2) is 55.7 Å². The Bertz CT molecular complexity index is 347. The first-order chi connectivity index (χ1) is 9.90. The third-order valence-corrected chi connectivity index (χ3v) is 3.92. The van der Waals surface area contributed by atoms with Crippen LogP contribution in [0.5, 0.6) is 0 Å². The van der Waals surface area contributed by atoms with Crippen LogP contribution in [0.25, 0.3) is 0 Å². The average Bonchev–Trinajstić information content (AvgIpc) is 2.52. The quantitative estimate of drug-likeness (QED) is 0.736. The molecular weight excluding hydrogens is 248 g/mol. The van der Waals surface area contributed by atoms with Crippen LogP contribution in [0.15, 0.2) is 24.4 Å². The van der Waals surface area contributed by atoms with E-state index in [1.807, 2.05) is 12.3 Å². The maximum absolute atomic E-state index is 4.43. The SMILES string of the molecule is CCNCCCCCN1CCN(c2ccccn2)CC1. The summed E-state index contributed by atoms with van der Waals surface area (Å²) in [4.78, 5) is 9.41. The molecule has 2 heterocycles. The predicted octanol–water partition coefficient (Wildman–Crippen LogP) is 1.98. The van der Waals surface area contributed by atoms with E-state index in [0.29, 0.717) is 0 Å². The summed E-state index contributed by atoms with van der Waals surface area (Å²) >= 11 is 0. The number of anilines is 1. The summed E-state index contributed by atoms with van der Waals surface area (Å²) in [6.45, 7) is 10.2. The highest BCUT2D eigenvalue weighted by Crippen LogP contribution is 2.12. The summed E-state index contributed by atoms with van der Waals surface area (Å²) in [6.07, 6.45) is 5.86. The van der Waals surface area contributed by atoms with Crippen LogP contribution >= 0.6 is 0 Å². The Balaban J connectivity index is 1.58. The fraction of sp³-hybridized carbons (Fsp3) is 0.688. The number of hydrogen-bond acceptors (Lipinski definition) is 4. The minimum atomic E-state index is 1.09. The number of piperazine rings is 1. The third-order valence-electron chi connectivity index (χ3n) is 3.92. The van der Waals surface area contributed by atoms with Crippen molar-refractivity contribution in [2.24, 2.45) is 0 Å². The van der Waals surface area contributed by atoms with E-state index in [2.05, 4.69) is 39.2 Å². The lowest BCUT2D eigenvalue weighted by Gasteiger charge is -2.35. The van der Waals surface area contributed by atoms with Crippen molar-refractivity contribution >= 4 is 5.82 Å². The first-order valence-corrected chi connectivity index (χ1v) is 7.99. The molecule has 0 atom stereocenters. The van der Waals surface area contributed by atoms with Gasteiger partial charge in [-0.25, -0.2) is 4.98 Å². The second-order valence-electron chi connectivity index (χ2n) is 5.43. The van der Waals surface area contributed by atoms with E-state index in [1.165, 1.54) is 45.4 Å². The van der Waals surface area contributed by atoms with Crippen LogP contribution in [0.2, 0.25) is 0 Å². The average molecular weight is 276 g/mol. The van der Waals surface area contributed by atoms with E-state index in [4.69, 9.17) is 0 Å². The molecule has 0 amide bonds. The summed E-state index contributed by atoms with van der Waals surface area (Å²) < 4.78 is 0. The molecule has 2 rings (SSSR count). The Labute approximate surface area is 123 Å². The molecule has 20 heavy (non-hydrogen) atoms. The monoisotopic (exact) mass is 276 g/mol. The second-order valence-corrected chi connectivity index (χ2v) is 5.43. The summed E-state index contributed by atoms with van der Waals surface area (Å²) in [5, 5.41) is 3.38. The van der Waals surface area contributed by atoms with Crippen LogP contribution in [0.1, 0.15) is 26.2 Å². The van der Waals surface area contributed by atoms with E-state index in [9.17, 15) is 0 Å². The van der Waals surface area contributed by atoms with E-state index in [-0.39, 0.29) is 0 Å². The van der Waals surface area contributed by atoms with Crippen molar-refractivity contribution in [3.8, 4) is 0 Å². The van der Waals surface area contributed by atoms with Crippen LogP contribution in [0, 0.1) is 0 Å². The summed E-state index contributed by atoms with van der Waals surface area (Å²) in [6, 6.07) is 6.16. The molecule has 0 saturated carbocycles. The molecule has 1 aliphatic rings. The molecule has 1 aromatic rings. The van der Waals surface area contributed by atoms with E-state index in [0.717, 1.165) is 25.5 Å². The van der Waals surface area contributed by atoms with Gasteiger partial charge in [-0.15, -0.1) is 0 Å². The Morgan fingerprint density at radius 1 is 1.10 bits per heavy atom. The van der Waals surface area contributed by atoms with Gasteiger partial charge in [0, 0.05) is 32.4 Å². The van der Waals surface area contributed by atoms with Gasteiger partial charge in [-0.05, 0) is 44.6 Å². The van der Waals surface area contributed by atoms with Gasteiger partial charge in [0.25, 0.3) is 0 Å². The summed E-state index contributed by atoms with van der Waals surface area (Å²) in [7, 11) is 0. The smallest absolute Gasteiger partial charge is 0.128 e. The molecule has 1 fully saturated rings. The van der Waals surface area contributed by atoms with E-state index >= 15 is 0 Å². The number of aromatic nitrogens is 1. The van der Waals surface area contributed by atoms with Gasteiger partial charge in [0.2, 0.25) is 0 Å². The zero-order valence-electron chi connectivity index (χ0n) is 12.7. The topological polar surface area (TPSA) is 31.4 Å². The first-order valence-electron chi connectivity index (χ1n) is 7.99. The molecule has 0 unspecified atom stereocenters. The number of nitrogens with one attached hydrogen (secondary N) is 1. The Morgan fingerprint density at radius 2 is 1.95 bits per heavy atom. The van der Waals surface area contributed by atoms with Gasteiger partial charge < -0.3 is 10.2 Å². The maximum atomic E-state index is 4.43. The number of hydrogen-bond donors (Lipinski definition) is 1. The molecule has 0 spiro atoms. The summed E-state index contributed by atoms with van der Waals surface area (Å²) in [5.74, 6) is 1.12. The molecule has 1 saturated heterocycles. The molecule has 1 N–H and O–H groups in total. The maximum Gasteiger partial charge on any atom is 0.128 e. The predicted molar refractivity (Wildman–Crippen MR) is 85.3 cm³/mol. The Hall–Kier alpha value is -1.13. The Kier molecular flexibility index (Phi) is 6.81. The van der Waals surface area contributed by atoms with Gasteiger partial charge in [-0.1, -0.05) is 19.4 Å². The highest BCUT2D eigenvalue weighted by Gasteiger charge is 2.16. The van der Waals surface area contributed by atoms with E-state index in [1.54, 1.807) is 0 Å². The molecule has 0 aliphatic carbocycles. The minimum Gasteiger partial charge on any atom is -0.354 e. The van der Waals surface area contributed by atoms with Gasteiger partial charge in [0.05, 0.1) is 0 Å². The molecule has 4 heteroatoms. The molecule has 4 nitrogen and oxygen atoms in total. The largest absolute Gasteiger partial charge is 0.354 e. The molecule has 0 bridgehead atoms. The lowest BCUT2D eigenvalue weighted by molar-refractivity contribution is 0.251. The number of rotatable bonds is 8. The number of pyridine rings is 1. The van der Waals surface area contributed by atoms with Gasteiger partial charge in [0.1, 0.15) is 5.82 Å². The fourth-order valence-electron chi connectivity index (χ4n) is 2.68. The highest BCUT2D eigenvalue weighted by atomic mass is 15.3. The third kappa shape index (κ3) is 5.10. The van der Waals surface area contributed by atoms with Crippen molar-refractivity contribution in [2.45, 2.75) is 26.2 Å². The van der Waals surface area contributed by atoms with Crippen molar-refractivity contribution in [3.05, 3.63) is 24.4 Å². The number of unbranched alkanes of at least 4 members (excludes halogenated alkanes) is 2. The lowest BCUT2D eigenvalue weighted by Crippen LogP contribution is -2.46. The first kappa shape index (κ1) is 15.3. The van der Waals surface area contributed by atoms with Gasteiger partial charge >= 0.3 is 0 Å². The van der Waals surface area contributed by atoms with Gasteiger partial charge in [0.15, 0.2) is 0 Å². The van der Waals surface area contributed by atoms with E-state index < -0.39 is 0 Å². The van der Waals surface area contributed by atoms with Gasteiger partial charge in [-0.2, -0.15) is 0 Å². The molecule has 0 radical (unpaired) electrons. The minimum absolute atomic E-state index is 1.09. The molecule has 112 valence electrons. The normalized spacial score (nSPS) is 16.6. The fourth-order valence-corrected chi connectivity index (χ4v) is 2.68. The highest BCUT2D eigenvalue weighted by molar-refractivity contribution is 5.38. The van der Waals surface area contributed by atoms with Crippen molar-refractivity contribution < 1.29 is 0 Å². The second kappa shape index (κ2) is 8.93. The molecule has 1 aromatic heterocycles. The zero-order chi connectivity index (χ0) is 14.0. The number of nitrogens with zero attached hydrogens (tertiary/aromatic N) is 3. The van der Waals surface area contributed by atoms with Crippen molar-refractivity contribution in [1.82, 2.24) is 15.2 Å². The Morgan fingerprint density at radius 3 is 2.65 bits per heavy atom. The van der Waals surface area contributed by atoms with Crippen LogP contribution < -0.4 is 10.2 Å². The van der Waals surface area contributed by atoms with Crippen LogP contribution in [0.3, 0.4) is 0 Å². The lowest BCUT2D eigenvalue weighted by atomic mass is 10.2. The van der Waals surface area contributed by atoms with Crippen molar-refractivity contribution in [1.29, 1.82) is 0 Å². The standard InChI is InChI=1S/C16H28N4/c1-2-17-9-5-3-7-11-19-12-14-20(15-13-19)16-8-4-6-10-18-16/h4,6,8,10,17H,2-3,5,7,9,11-15H2,1H3. The van der Waals surface area contributed by atoms with Gasteiger partial charge in [-0.3, -0.25) is 4.90 Å². The van der Waals surface area contributed by atoms with Crippen molar-refractivity contribution in [2.75, 3.05) is 50.7 Å². The molecule has 0 aromatic carbocycles. The van der Waals surface area contributed by atoms with Crippen LogP contribution in [-0.2, 0) is 0 Å². The van der Waals surface area contributed by atoms with Crippen molar-refractivity contribution in [3.63, 3.8) is 0 Å². The molecular formula is C16H28N4. The van der Waals surface area contributed by atoms with Crippen LogP contribution in [0.4, 0.5) is 5.82 Å². The zero-order valence-corrected chi connectivity index (χ0v) is 12.7. The molecule has 1 aliphatic heterocycles.